The number of hydrogen-bond donors (Lipinski definition) is 1. The Bertz CT molecular complexity index is 1050. The first kappa shape index (κ1) is 21.4. The van der Waals surface area contributed by atoms with Gasteiger partial charge in [-0.3, -0.25) is 4.90 Å². The third-order valence-electron chi connectivity index (χ3n) is 7.13. The molecule has 5 rings (SSSR count). The van der Waals surface area contributed by atoms with E-state index in [-0.39, 0.29) is 11.6 Å². The first-order chi connectivity index (χ1) is 15.5. The van der Waals surface area contributed by atoms with E-state index in [1.165, 1.54) is 25.3 Å². The van der Waals surface area contributed by atoms with E-state index in [4.69, 9.17) is 11.6 Å². The molecular weight excluding hydrogens is 427 g/mol. The number of aromatic nitrogens is 2. The lowest BCUT2D eigenvalue weighted by molar-refractivity contribution is 0.0894. The summed E-state index contributed by atoms with van der Waals surface area (Å²) in [5.74, 6) is 0.825. The molecule has 168 valence electrons. The molecule has 1 saturated carbocycles. The molecule has 32 heavy (non-hydrogen) atoms. The average molecular weight is 455 g/mol. The maximum absolute atomic E-state index is 14.8. The van der Waals surface area contributed by atoms with Crippen molar-refractivity contribution in [2.45, 2.75) is 62.9 Å². The van der Waals surface area contributed by atoms with Gasteiger partial charge in [-0.05, 0) is 75.2 Å². The van der Waals surface area contributed by atoms with E-state index >= 15 is 0 Å². The lowest BCUT2D eigenvalue weighted by Crippen LogP contribution is -2.56. The normalized spacial score (nSPS) is 23.3. The highest BCUT2D eigenvalue weighted by molar-refractivity contribution is 6.32. The second kappa shape index (κ2) is 8.84. The quantitative estimate of drug-likeness (QED) is 0.668. The number of likely N-dealkylation sites (N-methyl/N-ethyl adjacent to an activating group) is 1. The van der Waals surface area contributed by atoms with E-state index < -0.39 is 5.82 Å². The molecule has 3 heterocycles. The fourth-order valence-electron chi connectivity index (χ4n) is 5.33. The molecular formula is C24H28ClFN6. The van der Waals surface area contributed by atoms with Crippen LogP contribution in [0, 0.1) is 17.1 Å². The molecule has 3 aliphatic rings. The number of benzene rings is 1. The summed E-state index contributed by atoms with van der Waals surface area (Å²) < 4.78 is 14.8. The Morgan fingerprint density at radius 3 is 2.78 bits per heavy atom. The van der Waals surface area contributed by atoms with E-state index in [2.05, 4.69) is 31.2 Å². The molecule has 0 radical (unpaired) electrons. The Morgan fingerprint density at radius 1 is 1.19 bits per heavy atom. The summed E-state index contributed by atoms with van der Waals surface area (Å²) in [6, 6.07) is 6.08. The van der Waals surface area contributed by atoms with Crippen LogP contribution < -0.4 is 10.2 Å². The van der Waals surface area contributed by atoms with Crippen LogP contribution in [0.25, 0.3) is 0 Å². The van der Waals surface area contributed by atoms with Crippen molar-refractivity contribution in [3.63, 3.8) is 0 Å². The van der Waals surface area contributed by atoms with E-state index in [0.717, 1.165) is 44.3 Å². The Hall–Kier alpha value is -2.43. The minimum absolute atomic E-state index is 0.206. The number of piperidine rings is 2. The largest absolute Gasteiger partial charge is 0.354 e. The second-order valence-electron chi connectivity index (χ2n) is 9.22. The zero-order valence-electron chi connectivity index (χ0n) is 18.3. The van der Waals surface area contributed by atoms with Gasteiger partial charge in [0.2, 0.25) is 5.95 Å². The Balaban J connectivity index is 1.40. The zero-order chi connectivity index (χ0) is 22.2. The molecule has 2 atom stereocenters. The van der Waals surface area contributed by atoms with Gasteiger partial charge in [-0.15, -0.1) is 0 Å². The topological polar surface area (TPSA) is 68.1 Å². The van der Waals surface area contributed by atoms with E-state index in [0.29, 0.717) is 34.4 Å². The van der Waals surface area contributed by atoms with Gasteiger partial charge in [0.05, 0.1) is 23.5 Å². The Labute approximate surface area is 193 Å². The Kier molecular flexibility index (Phi) is 5.92. The van der Waals surface area contributed by atoms with Crippen LogP contribution in [0.1, 0.15) is 62.0 Å². The van der Waals surface area contributed by atoms with Crippen LogP contribution in [-0.4, -0.2) is 47.1 Å². The van der Waals surface area contributed by atoms with Crippen molar-refractivity contribution < 1.29 is 4.39 Å². The smallest absolute Gasteiger partial charge is 0.229 e. The van der Waals surface area contributed by atoms with Crippen LogP contribution in [0.15, 0.2) is 18.3 Å². The highest BCUT2D eigenvalue weighted by Gasteiger charge is 2.36. The predicted octanol–water partition coefficient (Wildman–Crippen LogP) is 5.21. The fourth-order valence-corrected chi connectivity index (χ4v) is 5.56. The zero-order valence-corrected chi connectivity index (χ0v) is 19.1. The van der Waals surface area contributed by atoms with Crippen LogP contribution in [0.4, 0.5) is 21.8 Å². The number of hydrogen-bond acceptors (Lipinski definition) is 6. The van der Waals surface area contributed by atoms with Gasteiger partial charge < -0.3 is 10.2 Å². The van der Waals surface area contributed by atoms with Gasteiger partial charge in [-0.25, -0.2) is 9.37 Å². The molecule has 1 N–H and O–H groups in total. The molecule has 2 aliphatic heterocycles. The fraction of sp³-hybridized carbons (Fsp3) is 0.542. The molecule has 2 saturated heterocycles. The number of anilines is 3. The summed E-state index contributed by atoms with van der Waals surface area (Å²) >= 11 is 6.50. The average Bonchev–Trinajstić information content (AvgIpc) is 3.66. The molecule has 2 aromatic rings. The van der Waals surface area contributed by atoms with E-state index in [9.17, 15) is 9.65 Å². The number of nitrogens with zero attached hydrogens (tertiary/aromatic N) is 5. The van der Waals surface area contributed by atoms with Gasteiger partial charge >= 0.3 is 0 Å². The molecule has 6 nitrogen and oxygen atoms in total. The lowest BCUT2D eigenvalue weighted by atomic mass is 9.88. The molecule has 3 fully saturated rings. The number of nitriles is 1. The first-order valence-electron chi connectivity index (χ1n) is 11.5. The van der Waals surface area contributed by atoms with Gasteiger partial charge in [0.1, 0.15) is 10.8 Å². The maximum atomic E-state index is 14.8. The summed E-state index contributed by atoms with van der Waals surface area (Å²) in [7, 11) is 2.04. The van der Waals surface area contributed by atoms with Crippen LogP contribution in [-0.2, 0) is 0 Å². The molecule has 0 spiro atoms. The third kappa shape index (κ3) is 4.14. The molecule has 0 amide bonds. The first-order valence-corrected chi connectivity index (χ1v) is 11.9. The summed E-state index contributed by atoms with van der Waals surface area (Å²) in [4.78, 5) is 13.7. The molecule has 0 bridgehead atoms. The monoisotopic (exact) mass is 454 g/mol. The maximum Gasteiger partial charge on any atom is 0.229 e. The summed E-state index contributed by atoms with van der Waals surface area (Å²) in [5.41, 5.74) is 1.50. The summed E-state index contributed by atoms with van der Waals surface area (Å²) in [5, 5.41) is 13.0. The number of fused-ring (bicyclic) bond motifs is 1. The van der Waals surface area contributed by atoms with Crippen LogP contribution in [0.3, 0.4) is 0 Å². The SMILES string of the molecule is CN(c1nc(Nc2cc(C#N)c(C3CC3)cc2F)ncc1Cl)[C@H]1CCCN2CCCC[C@H]12. The third-order valence-corrected chi connectivity index (χ3v) is 7.40. The minimum atomic E-state index is -0.399. The molecule has 1 aromatic carbocycles. The number of nitrogens with one attached hydrogen (secondary N) is 1. The van der Waals surface area contributed by atoms with Crippen LogP contribution in [0.2, 0.25) is 5.02 Å². The number of halogens is 2. The van der Waals surface area contributed by atoms with Crippen molar-refractivity contribution in [1.82, 2.24) is 14.9 Å². The van der Waals surface area contributed by atoms with E-state index in [1.807, 2.05) is 7.05 Å². The van der Waals surface area contributed by atoms with Gasteiger partial charge in [0.25, 0.3) is 0 Å². The highest BCUT2D eigenvalue weighted by atomic mass is 35.5. The summed E-state index contributed by atoms with van der Waals surface area (Å²) in [6.07, 6.45) is 9.56. The van der Waals surface area contributed by atoms with Crippen molar-refractivity contribution in [2.24, 2.45) is 0 Å². The van der Waals surface area contributed by atoms with Crippen molar-refractivity contribution in [1.29, 1.82) is 5.26 Å². The summed E-state index contributed by atoms with van der Waals surface area (Å²) in [6.45, 7) is 2.33. The van der Waals surface area contributed by atoms with Crippen LogP contribution in [0.5, 0.6) is 0 Å². The van der Waals surface area contributed by atoms with Crippen molar-refractivity contribution >= 4 is 29.1 Å². The van der Waals surface area contributed by atoms with Gasteiger partial charge in [0.15, 0.2) is 5.82 Å². The molecule has 8 heteroatoms. The van der Waals surface area contributed by atoms with Crippen molar-refractivity contribution in [3.05, 3.63) is 40.3 Å². The van der Waals surface area contributed by atoms with Crippen LogP contribution >= 0.6 is 11.6 Å². The highest BCUT2D eigenvalue weighted by Crippen LogP contribution is 2.43. The van der Waals surface area contributed by atoms with Gasteiger partial charge in [-0.1, -0.05) is 18.0 Å². The second-order valence-corrected chi connectivity index (χ2v) is 9.62. The van der Waals surface area contributed by atoms with Gasteiger partial charge in [-0.2, -0.15) is 10.2 Å². The lowest BCUT2D eigenvalue weighted by Gasteiger charge is -2.47. The van der Waals surface area contributed by atoms with Crippen molar-refractivity contribution in [3.8, 4) is 6.07 Å². The molecule has 0 unspecified atom stereocenters. The molecule has 1 aromatic heterocycles. The van der Waals surface area contributed by atoms with E-state index in [1.54, 1.807) is 12.3 Å². The number of rotatable bonds is 5. The predicted molar refractivity (Wildman–Crippen MR) is 124 cm³/mol. The standard InChI is InChI=1S/C24H28ClFN6/c1-31(21-6-4-10-32-9-3-2-5-22(21)32)23-18(25)14-28-24(30-23)29-20-11-16(13-27)17(12-19(20)26)15-7-8-15/h11-12,14-15,21-22H,2-10H2,1H3,(H,28,29,30)/t21-,22+/m0/s1. The Morgan fingerprint density at radius 2 is 2.00 bits per heavy atom. The van der Waals surface area contributed by atoms with Gasteiger partial charge in [0, 0.05) is 19.1 Å². The minimum Gasteiger partial charge on any atom is -0.354 e. The molecule has 1 aliphatic carbocycles. The van der Waals surface area contributed by atoms with Crippen molar-refractivity contribution in [2.75, 3.05) is 30.4 Å².